The SMILES string of the molecule is S=P(c1ccccc1)(c1ccccc1)c1ccc(-c2ccc3c(ccc4c5ccccc5c5nc6ccccc6n5c34)c2)nc1. The number of fused-ring (bicyclic) bond motifs is 10. The smallest absolute Gasteiger partial charge is 0.146 e. The van der Waals surface area contributed by atoms with Gasteiger partial charge in [0.1, 0.15) is 5.65 Å². The Morgan fingerprint density at radius 3 is 1.93 bits per heavy atom. The number of para-hydroxylation sites is 2. The summed E-state index contributed by atoms with van der Waals surface area (Å²) in [5, 5.41) is 9.38. The van der Waals surface area contributed by atoms with E-state index in [1.54, 1.807) is 0 Å². The zero-order chi connectivity index (χ0) is 30.0. The van der Waals surface area contributed by atoms with Crippen molar-refractivity contribution in [3.05, 3.63) is 158 Å². The van der Waals surface area contributed by atoms with Crippen molar-refractivity contribution >= 4 is 82.9 Å². The second kappa shape index (κ2) is 10.2. The second-order valence-electron chi connectivity index (χ2n) is 11.4. The van der Waals surface area contributed by atoms with Crippen molar-refractivity contribution in [1.82, 2.24) is 14.4 Å². The van der Waals surface area contributed by atoms with Crippen LogP contribution in [-0.4, -0.2) is 14.4 Å². The van der Waals surface area contributed by atoms with E-state index in [0.717, 1.165) is 38.6 Å². The Hall–Kier alpha value is -5.15. The van der Waals surface area contributed by atoms with E-state index in [1.165, 1.54) is 37.7 Å². The van der Waals surface area contributed by atoms with Gasteiger partial charge < -0.3 is 0 Å². The maximum absolute atomic E-state index is 6.53. The van der Waals surface area contributed by atoms with Gasteiger partial charge in [0.15, 0.2) is 0 Å². The lowest BCUT2D eigenvalue weighted by molar-refractivity contribution is 1.32. The van der Waals surface area contributed by atoms with Crippen molar-refractivity contribution in [2.75, 3.05) is 0 Å². The zero-order valence-corrected chi connectivity index (χ0v) is 25.9. The largest absolute Gasteiger partial charge is 0.291 e. The third-order valence-electron chi connectivity index (χ3n) is 8.88. The molecule has 45 heavy (non-hydrogen) atoms. The topological polar surface area (TPSA) is 30.2 Å². The van der Waals surface area contributed by atoms with Crippen LogP contribution in [0.5, 0.6) is 0 Å². The minimum Gasteiger partial charge on any atom is -0.291 e. The van der Waals surface area contributed by atoms with Crippen molar-refractivity contribution in [3.8, 4) is 11.3 Å². The number of rotatable bonds is 4. The third kappa shape index (κ3) is 4.00. The summed E-state index contributed by atoms with van der Waals surface area (Å²) in [5.74, 6) is 0. The van der Waals surface area contributed by atoms with Crippen LogP contribution < -0.4 is 15.9 Å². The number of benzene rings is 6. The Morgan fingerprint density at radius 1 is 0.533 bits per heavy atom. The Morgan fingerprint density at radius 2 is 1.20 bits per heavy atom. The molecule has 0 unspecified atom stereocenters. The molecule has 3 nitrogen and oxygen atoms in total. The van der Waals surface area contributed by atoms with Gasteiger partial charge in [-0.05, 0) is 51.7 Å². The molecule has 0 fully saturated rings. The molecule has 0 N–H and O–H groups in total. The van der Waals surface area contributed by atoms with E-state index in [-0.39, 0.29) is 0 Å². The van der Waals surface area contributed by atoms with Gasteiger partial charge in [-0.15, -0.1) is 0 Å². The monoisotopic (exact) mass is 611 g/mol. The van der Waals surface area contributed by atoms with E-state index in [0.29, 0.717) is 0 Å². The van der Waals surface area contributed by atoms with Crippen LogP contribution in [-0.2, 0) is 11.8 Å². The summed E-state index contributed by atoms with van der Waals surface area (Å²) >= 11 is 6.53. The normalized spacial score (nSPS) is 12.1. The summed E-state index contributed by atoms with van der Waals surface area (Å²) in [7, 11) is 0. The standard InChI is InChI=1S/C40H26N3PS/c45-44(29-11-3-1-4-12-29,30-13-5-2-6-14-30)31-21-24-36(41-26-31)28-20-22-32-27(25-28)19-23-34-33-15-7-8-16-35(33)40-42-37-17-9-10-18-38(37)43(40)39(32)34/h1-26H. The number of pyridine rings is 2. The molecule has 3 aromatic heterocycles. The molecule has 5 heteroatoms. The van der Waals surface area contributed by atoms with Gasteiger partial charge in [0.2, 0.25) is 0 Å². The van der Waals surface area contributed by atoms with E-state index < -0.39 is 6.04 Å². The van der Waals surface area contributed by atoms with Crippen molar-refractivity contribution in [1.29, 1.82) is 0 Å². The fourth-order valence-electron chi connectivity index (χ4n) is 6.74. The van der Waals surface area contributed by atoms with Crippen LogP contribution in [0.3, 0.4) is 0 Å². The maximum atomic E-state index is 6.53. The second-order valence-corrected chi connectivity index (χ2v) is 15.8. The fraction of sp³-hybridized carbons (Fsp3) is 0. The minimum atomic E-state index is -2.25. The Balaban J connectivity index is 1.22. The summed E-state index contributed by atoms with van der Waals surface area (Å²) < 4.78 is 2.34. The third-order valence-corrected chi connectivity index (χ3v) is 13.8. The summed E-state index contributed by atoms with van der Waals surface area (Å²) in [5.41, 5.74) is 6.29. The Bertz CT molecular complexity index is 2570. The average molecular weight is 612 g/mol. The Labute approximate surface area is 265 Å². The molecule has 0 atom stereocenters. The predicted octanol–water partition coefficient (Wildman–Crippen LogP) is 8.76. The quantitative estimate of drug-likeness (QED) is 0.147. The molecule has 9 rings (SSSR count). The van der Waals surface area contributed by atoms with E-state index in [9.17, 15) is 0 Å². The number of nitrogens with zero attached hydrogens (tertiary/aromatic N) is 3. The van der Waals surface area contributed by atoms with Gasteiger partial charge in [-0.3, -0.25) is 9.38 Å². The van der Waals surface area contributed by atoms with Gasteiger partial charge >= 0.3 is 0 Å². The number of imidazole rings is 1. The van der Waals surface area contributed by atoms with Crippen LogP contribution in [0.4, 0.5) is 0 Å². The number of hydrogen-bond acceptors (Lipinski definition) is 3. The fourth-order valence-corrected chi connectivity index (χ4v) is 10.4. The molecule has 3 heterocycles. The van der Waals surface area contributed by atoms with Gasteiger partial charge in [-0.25, -0.2) is 4.98 Å². The summed E-state index contributed by atoms with van der Waals surface area (Å²) in [6.45, 7) is 0. The molecule has 0 radical (unpaired) electrons. The predicted molar refractivity (Wildman–Crippen MR) is 195 cm³/mol. The highest BCUT2D eigenvalue weighted by Gasteiger charge is 2.25. The van der Waals surface area contributed by atoms with Crippen LogP contribution >= 0.6 is 6.04 Å². The number of aromatic nitrogens is 3. The lowest BCUT2D eigenvalue weighted by Crippen LogP contribution is -2.25. The van der Waals surface area contributed by atoms with Gasteiger partial charge in [0, 0.05) is 39.3 Å². The molecule has 0 bridgehead atoms. The maximum Gasteiger partial charge on any atom is 0.146 e. The van der Waals surface area contributed by atoms with E-state index in [2.05, 4.69) is 144 Å². The van der Waals surface area contributed by atoms with Crippen LogP contribution in [0.25, 0.3) is 60.4 Å². The molecule has 9 aromatic rings. The van der Waals surface area contributed by atoms with Crippen molar-refractivity contribution in [2.24, 2.45) is 0 Å². The van der Waals surface area contributed by atoms with E-state index >= 15 is 0 Å². The lowest BCUT2D eigenvalue weighted by atomic mass is 9.98. The molecule has 0 saturated heterocycles. The van der Waals surface area contributed by atoms with Crippen LogP contribution in [0.15, 0.2) is 158 Å². The first-order valence-electron chi connectivity index (χ1n) is 15.0. The summed E-state index contributed by atoms with van der Waals surface area (Å²) in [6, 6.07) is 51.2. The average Bonchev–Trinajstić information content (AvgIpc) is 3.51. The van der Waals surface area contributed by atoms with Crippen LogP contribution in [0, 0.1) is 0 Å². The molecular weight excluding hydrogens is 586 g/mol. The molecule has 0 aliphatic rings. The van der Waals surface area contributed by atoms with Gasteiger partial charge in [-0.1, -0.05) is 133 Å². The molecule has 0 spiro atoms. The minimum absolute atomic E-state index is 0.931. The highest BCUT2D eigenvalue weighted by Crippen LogP contribution is 2.43. The summed E-state index contributed by atoms with van der Waals surface area (Å²) in [4.78, 5) is 10.1. The molecular formula is C40H26N3PS. The molecule has 0 amide bonds. The Kier molecular flexibility index (Phi) is 5.96. The van der Waals surface area contributed by atoms with Gasteiger partial charge in [-0.2, -0.15) is 0 Å². The first-order valence-corrected chi connectivity index (χ1v) is 17.8. The molecule has 6 aromatic carbocycles. The molecule has 212 valence electrons. The molecule has 0 aliphatic carbocycles. The van der Waals surface area contributed by atoms with E-state index in [4.69, 9.17) is 21.8 Å². The van der Waals surface area contributed by atoms with Crippen molar-refractivity contribution < 1.29 is 0 Å². The van der Waals surface area contributed by atoms with Crippen LogP contribution in [0.2, 0.25) is 0 Å². The first kappa shape index (κ1) is 26.3. The highest BCUT2D eigenvalue weighted by molar-refractivity contribution is 8.25. The molecule has 0 aliphatic heterocycles. The first-order chi connectivity index (χ1) is 22.2. The van der Waals surface area contributed by atoms with Gasteiger partial charge in [0.05, 0.1) is 22.2 Å². The summed E-state index contributed by atoms with van der Waals surface area (Å²) in [6.07, 6.45) is 1.99. The molecule has 0 saturated carbocycles. The van der Waals surface area contributed by atoms with Gasteiger partial charge in [0.25, 0.3) is 0 Å². The zero-order valence-electron chi connectivity index (χ0n) is 24.2. The van der Waals surface area contributed by atoms with E-state index in [1.807, 2.05) is 18.3 Å². The van der Waals surface area contributed by atoms with Crippen molar-refractivity contribution in [3.63, 3.8) is 0 Å². The lowest BCUT2D eigenvalue weighted by Gasteiger charge is -2.23. The highest BCUT2D eigenvalue weighted by atomic mass is 32.4. The number of hydrogen-bond donors (Lipinski definition) is 0. The van der Waals surface area contributed by atoms with Crippen molar-refractivity contribution in [2.45, 2.75) is 0 Å². The van der Waals surface area contributed by atoms with Crippen LogP contribution in [0.1, 0.15) is 0 Å².